The highest BCUT2D eigenvalue weighted by atomic mass is 14.9. The third kappa shape index (κ3) is 7.18. The van der Waals surface area contributed by atoms with Crippen LogP contribution in [0.1, 0.15) is 0 Å². The summed E-state index contributed by atoms with van der Waals surface area (Å²) in [5.41, 5.74) is 17.1. The Bertz CT molecular complexity index is 3350. The fraction of sp³-hybridized carbons (Fsp3) is 0. The summed E-state index contributed by atoms with van der Waals surface area (Å²) in [5, 5.41) is 2.09. The monoisotopic (exact) mass is 791 g/mol. The molecule has 4 aromatic heterocycles. The van der Waals surface area contributed by atoms with Gasteiger partial charge in [-0.25, -0.2) is 19.9 Å². The van der Waals surface area contributed by atoms with Gasteiger partial charge in [-0.05, 0) is 69.8 Å². The van der Waals surface area contributed by atoms with Gasteiger partial charge in [0.05, 0.1) is 33.8 Å². The molecule has 5 heteroatoms. The molecule has 0 saturated heterocycles. The van der Waals surface area contributed by atoms with E-state index in [0.717, 1.165) is 100 Å². The Balaban J connectivity index is 0.970. The second-order valence-corrected chi connectivity index (χ2v) is 15.3. The Labute approximate surface area is 359 Å². The third-order valence-corrected chi connectivity index (χ3v) is 11.4. The van der Waals surface area contributed by atoms with E-state index in [-0.39, 0.29) is 0 Å². The molecule has 0 spiro atoms. The molecule has 0 radical (unpaired) electrons. The molecule has 0 saturated carbocycles. The topological polar surface area (TPSA) is 64.5 Å². The quantitative estimate of drug-likeness (QED) is 0.143. The number of nitrogens with zero attached hydrogens (tertiary/aromatic N) is 5. The molecule has 0 aliphatic heterocycles. The Morgan fingerprint density at radius 2 is 0.742 bits per heavy atom. The summed E-state index contributed by atoms with van der Waals surface area (Å²) in [5.74, 6) is 0.684. The summed E-state index contributed by atoms with van der Waals surface area (Å²) >= 11 is 0. The minimum Gasteiger partial charge on any atom is -0.265 e. The Kier molecular flexibility index (Phi) is 9.45. The maximum absolute atomic E-state index is 5.34. The molecular formula is C57H37N5. The van der Waals surface area contributed by atoms with Gasteiger partial charge in [0, 0.05) is 51.0 Å². The highest BCUT2D eigenvalue weighted by Gasteiger charge is 2.16. The molecule has 0 N–H and O–H groups in total. The lowest BCUT2D eigenvalue weighted by Crippen LogP contribution is -1.96. The summed E-state index contributed by atoms with van der Waals surface area (Å²) in [7, 11) is 0. The Hall–Kier alpha value is -8.41. The highest BCUT2D eigenvalue weighted by Crippen LogP contribution is 2.37. The normalized spacial score (nSPS) is 11.2. The fourth-order valence-electron chi connectivity index (χ4n) is 8.17. The van der Waals surface area contributed by atoms with E-state index in [4.69, 9.17) is 19.9 Å². The van der Waals surface area contributed by atoms with Gasteiger partial charge < -0.3 is 0 Å². The molecule has 0 unspecified atom stereocenters. The fourth-order valence-corrected chi connectivity index (χ4v) is 8.17. The van der Waals surface area contributed by atoms with Crippen LogP contribution in [0.2, 0.25) is 0 Å². The molecule has 0 atom stereocenters. The van der Waals surface area contributed by atoms with Gasteiger partial charge in [-0.15, -0.1) is 0 Å². The molecule has 4 heterocycles. The average Bonchev–Trinajstić information content (AvgIpc) is 3.37. The third-order valence-electron chi connectivity index (χ3n) is 11.4. The molecule has 11 aromatic rings. The minimum atomic E-state index is 0.684. The summed E-state index contributed by atoms with van der Waals surface area (Å²) in [4.78, 5) is 25.1. The SMILES string of the molecule is c1ccc(-c2ccc(-c3nc(-c4ccccc4)cc(-c4cccc(-c5ccc(-c6cc(-c7ccncc7)c7ccc8ccc(-c9ccccc9)nc8c7n6)cc5)c4)n3)cc2)cc1. The van der Waals surface area contributed by atoms with Crippen molar-refractivity contribution in [1.82, 2.24) is 24.9 Å². The predicted octanol–water partition coefficient (Wildman–Crippen LogP) is 14.3. The maximum atomic E-state index is 5.34. The van der Waals surface area contributed by atoms with Gasteiger partial charge >= 0.3 is 0 Å². The van der Waals surface area contributed by atoms with Crippen molar-refractivity contribution in [2.75, 3.05) is 0 Å². The summed E-state index contributed by atoms with van der Waals surface area (Å²) in [6, 6.07) is 73.7. The summed E-state index contributed by atoms with van der Waals surface area (Å²) < 4.78 is 0. The zero-order chi connectivity index (χ0) is 41.2. The van der Waals surface area contributed by atoms with E-state index in [2.05, 4.69) is 175 Å². The van der Waals surface area contributed by atoms with Crippen molar-refractivity contribution >= 4 is 21.8 Å². The van der Waals surface area contributed by atoms with Crippen molar-refractivity contribution in [1.29, 1.82) is 0 Å². The summed E-state index contributed by atoms with van der Waals surface area (Å²) in [6.07, 6.45) is 3.68. The smallest absolute Gasteiger partial charge is 0.160 e. The van der Waals surface area contributed by atoms with E-state index in [1.165, 1.54) is 5.56 Å². The number of hydrogen-bond donors (Lipinski definition) is 0. The molecule has 11 rings (SSSR count). The van der Waals surface area contributed by atoms with Gasteiger partial charge in [0.15, 0.2) is 5.82 Å². The van der Waals surface area contributed by atoms with Gasteiger partial charge in [-0.2, -0.15) is 0 Å². The second-order valence-electron chi connectivity index (χ2n) is 15.3. The van der Waals surface area contributed by atoms with Crippen LogP contribution in [0.5, 0.6) is 0 Å². The van der Waals surface area contributed by atoms with E-state index in [9.17, 15) is 0 Å². The average molecular weight is 792 g/mol. The van der Waals surface area contributed by atoms with Crippen LogP contribution in [0.3, 0.4) is 0 Å². The van der Waals surface area contributed by atoms with Crippen molar-refractivity contribution in [3.63, 3.8) is 0 Å². The number of hydrogen-bond acceptors (Lipinski definition) is 5. The first kappa shape index (κ1) is 36.7. The van der Waals surface area contributed by atoms with Crippen molar-refractivity contribution < 1.29 is 0 Å². The number of fused-ring (bicyclic) bond motifs is 3. The van der Waals surface area contributed by atoms with E-state index < -0.39 is 0 Å². The van der Waals surface area contributed by atoms with Gasteiger partial charge in [0.25, 0.3) is 0 Å². The van der Waals surface area contributed by atoms with Gasteiger partial charge in [0.1, 0.15) is 0 Å². The van der Waals surface area contributed by atoms with E-state index in [1.54, 1.807) is 0 Å². The van der Waals surface area contributed by atoms with Crippen LogP contribution in [-0.4, -0.2) is 24.9 Å². The second kappa shape index (κ2) is 16.0. The molecule has 5 nitrogen and oxygen atoms in total. The molecule has 0 aliphatic rings. The Morgan fingerprint density at radius 1 is 0.258 bits per heavy atom. The van der Waals surface area contributed by atoms with Gasteiger partial charge in [-0.1, -0.05) is 176 Å². The van der Waals surface area contributed by atoms with Gasteiger partial charge in [-0.3, -0.25) is 4.98 Å². The standard InChI is InChI=1S/C57H37N5/c1-4-11-38(12-5-1)39-21-25-46(26-22-39)57-61-53(43-15-8-3-9-16-43)37-54(62-57)48-18-10-17-47(35-48)40-19-23-44(24-20-40)52-36-50(41-31-33-58-34-32-41)49-29-27-45-28-30-51(42-13-6-2-7-14-42)59-55(45)56(49)60-52/h1-37H. The molecule has 0 aliphatic carbocycles. The molecule has 0 fully saturated rings. The van der Waals surface area contributed by atoms with E-state index in [0.29, 0.717) is 5.82 Å². The van der Waals surface area contributed by atoms with Crippen molar-refractivity contribution in [3.05, 3.63) is 225 Å². The minimum absolute atomic E-state index is 0.684. The van der Waals surface area contributed by atoms with Crippen LogP contribution in [0.25, 0.3) is 112 Å². The lowest BCUT2D eigenvalue weighted by atomic mass is 9.96. The first-order valence-corrected chi connectivity index (χ1v) is 20.7. The largest absolute Gasteiger partial charge is 0.265 e. The lowest BCUT2D eigenvalue weighted by molar-refractivity contribution is 1.18. The number of benzene rings is 7. The zero-order valence-electron chi connectivity index (χ0n) is 33.6. The first-order chi connectivity index (χ1) is 30.7. The van der Waals surface area contributed by atoms with Gasteiger partial charge in [0.2, 0.25) is 0 Å². The molecule has 62 heavy (non-hydrogen) atoms. The molecule has 0 bridgehead atoms. The van der Waals surface area contributed by atoms with Crippen LogP contribution in [0.4, 0.5) is 0 Å². The predicted molar refractivity (Wildman–Crippen MR) is 254 cm³/mol. The van der Waals surface area contributed by atoms with E-state index in [1.807, 2.05) is 54.9 Å². The Morgan fingerprint density at radius 3 is 1.44 bits per heavy atom. The summed E-state index contributed by atoms with van der Waals surface area (Å²) in [6.45, 7) is 0. The highest BCUT2D eigenvalue weighted by molar-refractivity contribution is 6.09. The van der Waals surface area contributed by atoms with Crippen molar-refractivity contribution in [2.45, 2.75) is 0 Å². The zero-order valence-corrected chi connectivity index (χ0v) is 33.6. The van der Waals surface area contributed by atoms with Crippen LogP contribution in [0, 0.1) is 0 Å². The first-order valence-electron chi connectivity index (χ1n) is 20.7. The van der Waals surface area contributed by atoms with Crippen LogP contribution >= 0.6 is 0 Å². The maximum Gasteiger partial charge on any atom is 0.160 e. The van der Waals surface area contributed by atoms with E-state index >= 15 is 0 Å². The van der Waals surface area contributed by atoms with Crippen LogP contribution in [0.15, 0.2) is 225 Å². The molecule has 7 aromatic carbocycles. The number of rotatable bonds is 8. The number of pyridine rings is 3. The molecule has 290 valence electrons. The van der Waals surface area contributed by atoms with Crippen molar-refractivity contribution in [3.8, 4) is 89.8 Å². The van der Waals surface area contributed by atoms with Crippen LogP contribution < -0.4 is 0 Å². The van der Waals surface area contributed by atoms with Crippen molar-refractivity contribution in [2.24, 2.45) is 0 Å². The van der Waals surface area contributed by atoms with Crippen LogP contribution in [-0.2, 0) is 0 Å². The number of aromatic nitrogens is 5. The lowest BCUT2D eigenvalue weighted by Gasteiger charge is -2.13. The molecular weight excluding hydrogens is 755 g/mol. The molecule has 0 amide bonds.